The number of hydrogen-bond donors (Lipinski definition) is 2. The van der Waals surface area contributed by atoms with Crippen molar-refractivity contribution in [2.45, 2.75) is 32.9 Å². The average molecular weight is 413 g/mol. The van der Waals surface area contributed by atoms with E-state index in [2.05, 4.69) is 20.9 Å². The molecule has 0 aliphatic heterocycles. The number of carbonyl (C=O) groups is 2. The number of hydrogen-bond acceptors (Lipinski definition) is 6. The van der Waals surface area contributed by atoms with Crippen LogP contribution in [0.4, 0.5) is 20.6 Å². The monoisotopic (exact) mass is 413 g/mol. The smallest absolute Gasteiger partial charge is 0.412 e. The van der Waals surface area contributed by atoms with E-state index < -0.39 is 29.0 Å². The molecule has 0 atom stereocenters. The fourth-order valence-electron chi connectivity index (χ4n) is 2.58. The Kier molecular flexibility index (Phi) is 5.77. The van der Waals surface area contributed by atoms with Crippen LogP contribution in [0.5, 0.6) is 0 Å². The summed E-state index contributed by atoms with van der Waals surface area (Å²) in [5.74, 6) is -1.27. The van der Waals surface area contributed by atoms with Gasteiger partial charge in [-0.05, 0) is 51.1 Å². The van der Waals surface area contributed by atoms with E-state index in [9.17, 15) is 18.8 Å². The fourth-order valence-corrected chi connectivity index (χ4v) is 2.58. The third-order valence-corrected chi connectivity index (χ3v) is 3.81. The lowest BCUT2D eigenvalue weighted by molar-refractivity contribution is -0.117. The van der Waals surface area contributed by atoms with Crippen molar-refractivity contribution < 1.29 is 18.7 Å². The first kappa shape index (κ1) is 20.9. The Balaban J connectivity index is 1.72. The zero-order valence-electron chi connectivity index (χ0n) is 16.6. The van der Waals surface area contributed by atoms with E-state index in [1.54, 1.807) is 45.0 Å². The summed E-state index contributed by atoms with van der Waals surface area (Å²) < 4.78 is 20.0. The maximum absolute atomic E-state index is 14.0. The number of fused-ring (bicyclic) bond motifs is 1. The Morgan fingerprint density at radius 3 is 2.60 bits per heavy atom. The van der Waals surface area contributed by atoms with Gasteiger partial charge in [0.15, 0.2) is 0 Å². The van der Waals surface area contributed by atoms with Crippen LogP contribution in [-0.4, -0.2) is 32.6 Å². The minimum Gasteiger partial charge on any atom is -0.444 e. The number of amides is 2. The summed E-state index contributed by atoms with van der Waals surface area (Å²) in [7, 11) is 0. The molecule has 30 heavy (non-hydrogen) atoms. The van der Waals surface area contributed by atoms with Crippen LogP contribution in [-0.2, 0) is 16.1 Å². The predicted molar refractivity (Wildman–Crippen MR) is 109 cm³/mol. The van der Waals surface area contributed by atoms with Gasteiger partial charge in [0.05, 0.1) is 11.1 Å². The minimum absolute atomic E-state index is 0.162. The minimum atomic E-state index is -0.831. The highest BCUT2D eigenvalue weighted by Gasteiger charge is 2.18. The molecule has 2 aromatic carbocycles. The summed E-state index contributed by atoms with van der Waals surface area (Å²) in [6.07, 6.45) is -0.831. The van der Waals surface area contributed by atoms with Crippen LogP contribution >= 0.6 is 0 Å². The van der Waals surface area contributed by atoms with E-state index in [4.69, 9.17) is 4.74 Å². The van der Waals surface area contributed by atoms with Crippen molar-refractivity contribution in [3.05, 3.63) is 58.6 Å². The first-order valence-electron chi connectivity index (χ1n) is 9.04. The van der Waals surface area contributed by atoms with Crippen LogP contribution in [0, 0.1) is 5.82 Å². The lowest BCUT2D eigenvalue weighted by Gasteiger charge is -2.20. The van der Waals surface area contributed by atoms with Gasteiger partial charge in [-0.15, -0.1) is 5.10 Å². The second-order valence-electron chi connectivity index (χ2n) is 7.44. The van der Waals surface area contributed by atoms with Crippen LogP contribution in [0.25, 0.3) is 10.9 Å². The van der Waals surface area contributed by atoms with Crippen LogP contribution in [0.1, 0.15) is 20.8 Å². The molecule has 0 fully saturated rings. The molecular formula is C20H20FN5O4. The maximum atomic E-state index is 14.0. The van der Waals surface area contributed by atoms with Crippen molar-refractivity contribution in [1.29, 1.82) is 0 Å². The average Bonchev–Trinajstić information content (AvgIpc) is 2.65. The fraction of sp³-hybridized carbons (Fsp3) is 0.250. The molecule has 9 nitrogen and oxygen atoms in total. The van der Waals surface area contributed by atoms with Crippen molar-refractivity contribution >= 4 is 34.3 Å². The largest absolute Gasteiger partial charge is 0.444 e. The Morgan fingerprint density at radius 1 is 1.13 bits per heavy atom. The molecule has 2 amide bonds. The summed E-state index contributed by atoms with van der Waals surface area (Å²) in [5.41, 5.74) is -0.725. The number of anilines is 2. The van der Waals surface area contributed by atoms with Gasteiger partial charge in [0.2, 0.25) is 5.91 Å². The second kappa shape index (κ2) is 8.27. The van der Waals surface area contributed by atoms with E-state index in [1.807, 2.05) is 0 Å². The van der Waals surface area contributed by atoms with Crippen molar-refractivity contribution in [3.8, 4) is 0 Å². The number of nitrogens with zero attached hydrogens (tertiary/aromatic N) is 3. The molecule has 3 aromatic rings. The van der Waals surface area contributed by atoms with Crippen molar-refractivity contribution in [3.63, 3.8) is 0 Å². The van der Waals surface area contributed by atoms with E-state index in [0.29, 0.717) is 10.9 Å². The normalized spacial score (nSPS) is 11.2. The summed E-state index contributed by atoms with van der Waals surface area (Å²) in [5, 5.41) is 12.8. The first-order valence-corrected chi connectivity index (χ1v) is 9.04. The Labute approximate surface area is 170 Å². The zero-order chi connectivity index (χ0) is 21.9. The maximum Gasteiger partial charge on any atom is 0.412 e. The molecule has 156 valence electrons. The third kappa shape index (κ3) is 5.16. The zero-order valence-corrected chi connectivity index (χ0v) is 16.6. The van der Waals surface area contributed by atoms with Gasteiger partial charge in [-0.2, -0.15) is 0 Å². The highest BCUT2D eigenvalue weighted by Crippen LogP contribution is 2.21. The lowest BCUT2D eigenvalue weighted by atomic mass is 10.2. The van der Waals surface area contributed by atoms with Crippen molar-refractivity contribution in [2.75, 3.05) is 10.6 Å². The first-order chi connectivity index (χ1) is 14.1. The van der Waals surface area contributed by atoms with Crippen molar-refractivity contribution in [2.24, 2.45) is 0 Å². The van der Waals surface area contributed by atoms with Gasteiger partial charge in [0.1, 0.15) is 23.5 Å². The predicted octanol–water partition coefficient (Wildman–Crippen LogP) is 2.92. The number of halogens is 1. The summed E-state index contributed by atoms with van der Waals surface area (Å²) >= 11 is 0. The van der Waals surface area contributed by atoms with E-state index in [0.717, 1.165) is 10.7 Å². The summed E-state index contributed by atoms with van der Waals surface area (Å²) in [6, 6.07) is 10.3. The number of aromatic nitrogens is 3. The molecule has 3 rings (SSSR count). The second-order valence-corrected chi connectivity index (χ2v) is 7.44. The Hall–Kier alpha value is -3.82. The van der Waals surface area contributed by atoms with Crippen LogP contribution < -0.4 is 16.2 Å². The van der Waals surface area contributed by atoms with Crippen molar-refractivity contribution in [1.82, 2.24) is 15.0 Å². The Morgan fingerprint density at radius 2 is 1.87 bits per heavy atom. The number of benzene rings is 2. The molecule has 0 saturated heterocycles. The van der Waals surface area contributed by atoms with Crippen LogP contribution in [0.15, 0.2) is 47.3 Å². The topological polar surface area (TPSA) is 115 Å². The SMILES string of the molecule is CC(C)(C)OC(=O)Nc1cc(NC(=O)Cn2nnc3ccccc3c2=O)ccc1F. The molecule has 2 N–H and O–H groups in total. The number of nitrogens with one attached hydrogen (secondary N) is 2. The van der Waals surface area contributed by atoms with Gasteiger partial charge in [-0.25, -0.2) is 13.9 Å². The number of rotatable bonds is 4. The standard InChI is InChI=1S/C20H20FN5O4/c1-20(2,3)30-19(29)23-16-10-12(8-9-14(16)21)22-17(27)11-26-18(28)13-6-4-5-7-15(13)24-25-26/h4-10H,11H2,1-3H3,(H,22,27)(H,23,29). The van der Waals surface area contributed by atoms with E-state index in [-0.39, 0.29) is 17.9 Å². The van der Waals surface area contributed by atoms with Crippen LogP contribution in [0.2, 0.25) is 0 Å². The van der Waals surface area contributed by atoms with Gasteiger partial charge < -0.3 is 10.1 Å². The summed E-state index contributed by atoms with van der Waals surface area (Å²) in [6.45, 7) is 4.65. The molecule has 0 unspecified atom stereocenters. The molecule has 1 aromatic heterocycles. The van der Waals surface area contributed by atoms with E-state index in [1.165, 1.54) is 12.1 Å². The molecule has 1 heterocycles. The molecule has 0 spiro atoms. The van der Waals surface area contributed by atoms with Gasteiger partial charge >= 0.3 is 6.09 Å². The third-order valence-electron chi connectivity index (χ3n) is 3.81. The van der Waals surface area contributed by atoms with Crippen LogP contribution in [0.3, 0.4) is 0 Å². The Bertz CT molecular complexity index is 1170. The molecule has 0 aliphatic rings. The lowest BCUT2D eigenvalue weighted by Crippen LogP contribution is -2.30. The molecule has 0 aliphatic carbocycles. The highest BCUT2D eigenvalue weighted by molar-refractivity contribution is 5.92. The van der Waals surface area contributed by atoms with Gasteiger partial charge in [0.25, 0.3) is 5.56 Å². The quantitative estimate of drug-likeness (QED) is 0.680. The molecule has 0 bridgehead atoms. The summed E-state index contributed by atoms with van der Waals surface area (Å²) in [4.78, 5) is 36.6. The highest BCUT2D eigenvalue weighted by atomic mass is 19.1. The van der Waals surface area contributed by atoms with Gasteiger partial charge in [-0.3, -0.25) is 14.9 Å². The van der Waals surface area contributed by atoms with Gasteiger partial charge in [-0.1, -0.05) is 17.3 Å². The molecular weight excluding hydrogens is 393 g/mol. The molecule has 0 saturated carbocycles. The number of carbonyl (C=O) groups excluding carboxylic acids is 2. The van der Waals surface area contributed by atoms with E-state index >= 15 is 0 Å². The number of ether oxygens (including phenoxy) is 1. The van der Waals surface area contributed by atoms with Gasteiger partial charge in [0, 0.05) is 5.69 Å². The molecule has 0 radical (unpaired) electrons. The molecule has 10 heteroatoms.